The number of carbonyl (C=O) groups excluding carboxylic acids is 1. The van der Waals surface area contributed by atoms with Crippen molar-refractivity contribution in [1.29, 1.82) is 0 Å². The predicted molar refractivity (Wildman–Crippen MR) is 44.4 cm³/mol. The largest absolute Gasteiger partial charge is 0.481 e. The van der Waals surface area contributed by atoms with Gasteiger partial charge in [0.2, 0.25) is 5.91 Å². The monoisotopic (exact) mass is 171 g/mol. The summed E-state index contributed by atoms with van der Waals surface area (Å²) in [6.45, 7) is 3.43. The fraction of sp³-hybridized carbons (Fsp3) is 0.500. The minimum Gasteiger partial charge on any atom is -0.481 e. The Hall–Kier alpha value is -1.32. The molecule has 0 heterocycles. The first kappa shape index (κ1) is 10.7. The van der Waals surface area contributed by atoms with E-state index < -0.39 is 17.8 Å². The molecule has 0 spiro atoms. The van der Waals surface area contributed by atoms with Crippen molar-refractivity contribution in [2.45, 2.75) is 19.3 Å². The number of primary amides is 1. The van der Waals surface area contributed by atoms with Crippen LogP contribution in [0.3, 0.4) is 0 Å². The van der Waals surface area contributed by atoms with Gasteiger partial charge in [0.15, 0.2) is 0 Å². The Morgan fingerprint density at radius 2 is 2.17 bits per heavy atom. The number of amides is 1. The molecular weight excluding hydrogens is 158 g/mol. The second-order valence-corrected chi connectivity index (χ2v) is 2.56. The van der Waals surface area contributed by atoms with Gasteiger partial charge in [0, 0.05) is 6.42 Å². The second kappa shape index (κ2) is 5.35. The highest BCUT2D eigenvalue weighted by atomic mass is 16.4. The van der Waals surface area contributed by atoms with Crippen LogP contribution in [0, 0.1) is 5.92 Å². The van der Waals surface area contributed by atoms with E-state index in [1.165, 1.54) is 6.08 Å². The van der Waals surface area contributed by atoms with E-state index in [4.69, 9.17) is 10.8 Å². The van der Waals surface area contributed by atoms with Gasteiger partial charge in [-0.2, -0.15) is 0 Å². The number of nitrogens with two attached hydrogens (primary N) is 1. The van der Waals surface area contributed by atoms with Gasteiger partial charge in [0.1, 0.15) is 0 Å². The lowest BCUT2D eigenvalue weighted by atomic mass is 10.00. The van der Waals surface area contributed by atoms with Crippen LogP contribution >= 0.6 is 0 Å². The standard InChI is InChI=1S/C8H13NO3/c1-2-3-6(8(11)12)4-5-7(9)10/h2,6H,1,3-5H2,(H2,9,10)(H,11,12). The Morgan fingerprint density at radius 1 is 1.58 bits per heavy atom. The highest BCUT2D eigenvalue weighted by Gasteiger charge is 2.15. The van der Waals surface area contributed by atoms with Crippen LogP contribution < -0.4 is 5.73 Å². The van der Waals surface area contributed by atoms with Gasteiger partial charge in [0.05, 0.1) is 5.92 Å². The van der Waals surface area contributed by atoms with Gasteiger partial charge in [-0.1, -0.05) is 6.08 Å². The molecule has 0 saturated heterocycles. The molecule has 0 radical (unpaired) electrons. The first-order chi connectivity index (χ1) is 5.57. The third-order valence-electron chi connectivity index (χ3n) is 1.54. The van der Waals surface area contributed by atoms with Gasteiger partial charge in [-0.05, 0) is 12.8 Å². The molecule has 0 aromatic carbocycles. The van der Waals surface area contributed by atoms with Crippen LogP contribution in [-0.2, 0) is 9.59 Å². The van der Waals surface area contributed by atoms with Crippen LogP contribution in [0.1, 0.15) is 19.3 Å². The zero-order valence-electron chi connectivity index (χ0n) is 6.82. The zero-order chi connectivity index (χ0) is 9.56. The maximum absolute atomic E-state index is 10.5. The minimum atomic E-state index is -0.906. The average Bonchev–Trinajstić information content (AvgIpc) is 1.96. The number of carboxylic acids is 1. The summed E-state index contributed by atoms with van der Waals surface area (Å²) >= 11 is 0. The van der Waals surface area contributed by atoms with Gasteiger partial charge >= 0.3 is 5.97 Å². The van der Waals surface area contributed by atoms with E-state index in [1.54, 1.807) is 0 Å². The summed E-state index contributed by atoms with van der Waals surface area (Å²) in [4.78, 5) is 20.8. The Kier molecular flexibility index (Phi) is 4.76. The van der Waals surface area contributed by atoms with Crippen LogP contribution in [0.25, 0.3) is 0 Å². The topological polar surface area (TPSA) is 80.4 Å². The third-order valence-corrected chi connectivity index (χ3v) is 1.54. The molecule has 0 aromatic rings. The van der Waals surface area contributed by atoms with Crippen LogP contribution in [-0.4, -0.2) is 17.0 Å². The van der Waals surface area contributed by atoms with Crippen molar-refractivity contribution >= 4 is 11.9 Å². The Morgan fingerprint density at radius 3 is 2.50 bits per heavy atom. The molecule has 1 atom stereocenters. The molecule has 3 N–H and O–H groups in total. The number of carboxylic acid groups (broad SMARTS) is 1. The molecule has 0 saturated carbocycles. The lowest BCUT2D eigenvalue weighted by molar-refractivity contribution is -0.141. The second-order valence-electron chi connectivity index (χ2n) is 2.56. The Labute approximate surface area is 71.1 Å². The summed E-state index contributed by atoms with van der Waals surface area (Å²) in [5.74, 6) is -1.91. The van der Waals surface area contributed by atoms with Crippen molar-refractivity contribution in [1.82, 2.24) is 0 Å². The molecule has 0 rings (SSSR count). The molecule has 12 heavy (non-hydrogen) atoms. The molecule has 4 heteroatoms. The van der Waals surface area contributed by atoms with Crippen LogP contribution in [0.5, 0.6) is 0 Å². The molecule has 0 fully saturated rings. The van der Waals surface area contributed by atoms with E-state index in [9.17, 15) is 9.59 Å². The Balaban J connectivity index is 3.86. The molecule has 0 aliphatic heterocycles. The number of hydrogen-bond donors (Lipinski definition) is 2. The number of aliphatic carboxylic acids is 1. The quantitative estimate of drug-likeness (QED) is 0.572. The molecular formula is C8H13NO3. The predicted octanol–water partition coefficient (Wildman–Crippen LogP) is 0.529. The molecule has 68 valence electrons. The molecule has 0 bridgehead atoms. The van der Waals surface area contributed by atoms with Gasteiger partial charge in [-0.25, -0.2) is 0 Å². The molecule has 0 aliphatic carbocycles. The summed E-state index contributed by atoms with van der Waals surface area (Å²) < 4.78 is 0. The highest BCUT2D eigenvalue weighted by molar-refractivity contribution is 5.75. The first-order valence-corrected chi connectivity index (χ1v) is 3.70. The Bertz CT molecular complexity index is 189. The first-order valence-electron chi connectivity index (χ1n) is 3.70. The van der Waals surface area contributed by atoms with Crippen molar-refractivity contribution in [2.75, 3.05) is 0 Å². The van der Waals surface area contributed by atoms with E-state index in [2.05, 4.69) is 6.58 Å². The van der Waals surface area contributed by atoms with Crippen LogP contribution in [0.15, 0.2) is 12.7 Å². The van der Waals surface area contributed by atoms with E-state index in [0.717, 1.165) is 0 Å². The smallest absolute Gasteiger partial charge is 0.306 e. The van der Waals surface area contributed by atoms with Crippen molar-refractivity contribution < 1.29 is 14.7 Å². The van der Waals surface area contributed by atoms with E-state index in [-0.39, 0.29) is 12.8 Å². The fourth-order valence-electron chi connectivity index (χ4n) is 0.860. The number of allylic oxidation sites excluding steroid dienone is 1. The van der Waals surface area contributed by atoms with Crippen molar-refractivity contribution in [2.24, 2.45) is 11.7 Å². The summed E-state index contributed by atoms with van der Waals surface area (Å²) in [7, 11) is 0. The highest BCUT2D eigenvalue weighted by Crippen LogP contribution is 2.11. The van der Waals surface area contributed by atoms with Crippen LogP contribution in [0.2, 0.25) is 0 Å². The zero-order valence-corrected chi connectivity index (χ0v) is 6.82. The lowest BCUT2D eigenvalue weighted by Gasteiger charge is -2.06. The summed E-state index contributed by atoms with van der Waals surface area (Å²) in [5, 5.41) is 8.62. The molecule has 4 nitrogen and oxygen atoms in total. The fourth-order valence-corrected chi connectivity index (χ4v) is 0.860. The number of carbonyl (C=O) groups is 2. The molecule has 1 unspecified atom stereocenters. The van der Waals surface area contributed by atoms with Gasteiger partial charge in [0.25, 0.3) is 0 Å². The van der Waals surface area contributed by atoms with E-state index in [0.29, 0.717) is 6.42 Å². The molecule has 0 aromatic heterocycles. The maximum atomic E-state index is 10.5. The van der Waals surface area contributed by atoms with Gasteiger partial charge in [-0.15, -0.1) is 6.58 Å². The van der Waals surface area contributed by atoms with Crippen molar-refractivity contribution in [3.63, 3.8) is 0 Å². The summed E-state index contributed by atoms with van der Waals surface area (Å²) in [6, 6.07) is 0. The molecule has 0 aliphatic rings. The molecule has 1 amide bonds. The summed E-state index contributed by atoms with van der Waals surface area (Å²) in [6.07, 6.45) is 2.31. The summed E-state index contributed by atoms with van der Waals surface area (Å²) in [5.41, 5.74) is 4.88. The van der Waals surface area contributed by atoms with Gasteiger partial charge < -0.3 is 10.8 Å². The average molecular weight is 171 g/mol. The van der Waals surface area contributed by atoms with Crippen molar-refractivity contribution in [3.05, 3.63) is 12.7 Å². The lowest BCUT2D eigenvalue weighted by Crippen LogP contribution is -2.17. The van der Waals surface area contributed by atoms with E-state index in [1.807, 2.05) is 0 Å². The number of rotatable bonds is 6. The minimum absolute atomic E-state index is 0.116. The van der Waals surface area contributed by atoms with Crippen LogP contribution in [0.4, 0.5) is 0 Å². The van der Waals surface area contributed by atoms with Crippen molar-refractivity contribution in [3.8, 4) is 0 Å². The van der Waals surface area contributed by atoms with Gasteiger partial charge in [-0.3, -0.25) is 9.59 Å². The van der Waals surface area contributed by atoms with E-state index >= 15 is 0 Å². The normalized spacial score (nSPS) is 12.0. The number of hydrogen-bond acceptors (Lipinski definition) is 2. The third kappa shape index (κ3) is 4.49. The SMILES string of the molecule is C=CCC(CCC(N)=O)C(=O)O. The maximum Gasteiger partial charge on any atom is 0.306 e.